The highest BCUT2D eigenvalue weighted by Crippen LogP contribution is 2.28. The predicted molar refractivity (Wildman–Crippen MR) is 114 cm³/mol. The minimum Gasteiger partial charge on any atom is -0.497 e. The Kier molecular flexibility index (Phi) is 6.59. The number of hydrogen-bond acceptors (Lipinski definition) is 4. The Bertz CT molecular complexity index is 955. The SMILES string of the molecule is COc1ccc(S(=O)(=O)N2CCCC(C(=O)Nc3ccccc3C(C)C)C2)cc1. The number of carbonyl (C=O) groups excluding carboxylic acids is 1. The minimum atomic E-state index is -3.65. The zero-order valence-corrected chi connectivity index (χ0v) is 17.9. The first kappa shape index (κ1) is 21.3. The van der Waals surface area contributed by atoms with E-state index < -0.39 is 10.0 Å². The second-order valence-electron chi connectivity index (χ2n) is 7.61. The van der Waals surface area contributed by atoms with E-state index in [9.17, 15) is 13.2 Å². The highest BCUT2D eigenvalue weighted by Gasteiger charge is 2.33. The summed E-state index contributed by atoms with van der Waals surface area (Å²) in [5.74, 6) is 0.373. The average Bonchev–Trinajstić information content (AvgIpc) is 2.74. The molecule has 2 aromatic rings. The van der Waals surface area contributed by atoms with Gasteiger partial charge in [0.25, 0.3) is 0 Å². The van der Waals surface area contributed by atoms with Crippen LogP contribution in [0, 0.1) is 5.92 Å². The topological polar surface area (TPSA) is 75.7 Å². The molecule has 1 unspecified atom stereocenters. The van der Waals surface area contributed by atoms with Crippen LogP contribution in [0.15, 0.2) is 53.4 Å². The molecule has 1 aliphatic rings. The lowest BCUT2D eigenvalue weighted by Gasteiger charge is -2.31. The van der Waals surface area contributed by atoms with Gasteiger partial charge in [-0.05, 0) is 54.7 Å². The maximum atomic E-state index is 13.0. The Balaban J connectivity index is 1.74. The maximum Gasteiger partial charge on any atom is 0.243 e. The molecule has 1 saturated heterocycles. The molecule has 1 N–H and O–H groups in total. The van der Waals surface area contributed by atoms with Crippen molar-refractivity contribution in [1.29, 1.82) is 0 Å². The average molecular weight is 417 g/mol. The molecule has 0 aliphatic carbocycles. The number of nitrogens with zero attached hydrogens (tertiary/aromatic N) is 1. The van der Waals surface area contributed by atoms with Crippen molar-refractivity contribution >= 4 is 21.6 Å². The van der Waals surface area contributed by atoms with Crippen molar-refractivity contribution in [3.05, 3.63) is 54.1 Å². The molecular formula is C22H28N2O4S. The number of amides is 1. The molecule has 1 fully saturated rings. The molecule has 29 heavy (non-hydrogen) atoms. The first-order valence-corrected chi connectivity index (χ1v) is 11.3. The van der Waals surface area contributed by atoms with Gasteiger partial charge in [0.15, 0.2) is 0 Å². The third kappa shape index (κ3) is 4.79. The van der Waals surface area contributed by atoms with Gasteiger partial charge in [-0.3, -0.25) is 4.79 Å². The highest BCUT2D eigenvalue weighted by atomic mass is 32.2. The zero-order chi connectivity index (χ0) is 21.0. The van der Waals surface area contributed by atoms with Gasteiger partial charge < -0.3 is 10.1 Å². The highest BCUT2D eigenvalue weighted by molar-refractivity contribution is 7.89. The number of piperidine rings is 1. The fourth-order valence-corrected chi connectivity index (χ4v) is 5.14. The van der Waals surface area contributed by atoms with Crippen molar-refractivity contribution in [2.45, 2.75) is 37.5 Å². The summed E-state index contributed by atoms with van der Waals surface area (Å²) in [6.45, 7) is 4.76. The van der Waals surface area contributed by atoms with Crippen LogP contribution in [0.1, 0.15) is 38.2 Å². The van der Waals surface area contributed by atoms with Crippen LogP contribution >= 0.6 is 0 Å². The number of benzene rings is 2. The lowest BCUT2D eigenvalue weighted by Crippen LogP contribution is -2.43. The molecule has 1 aliphatic heterocycles. The molecular weight excluding hydrogens is 388 g/mol. The molecule has 1 heterocycles. The Hall–Kier alpha value is -2.38. The lowest BCUT2D eigenvalue weighted by atomic mass is 9.97. The second kappa shape index (κ2) is 8.97. The molecule has 0 bridgehead atoms. The van der Waals surface area contributed by atoms with Crippen molar-refractivity contribution in [3.8, 4) is 5.75 Å². The summed E-state index contributed by atoms with van der Waals surface area (Å²) in [5.41, 5.74) is 1.86. The van der Waals surface area contributed by atoms with Crippen LogP contribution in [0.25, 0.3) is 0 Å². The number of hydrogen-bond donors (Lipinski definition) is 1. The molecule has 0 radical (unpaired) electrons. The summed E-state index contributed by atoms with van der Waals surface area (Å²) < 4.78 is 32.5. The smallest absolute Gasteiger partial charge is 0.243 e. The number of rotatable bonds is 6. The Morgan fingerprint density at radius 2 is 1.83 bits per heavy atom. The van der Waals surface area contributed by atoms with E-state index in [-0.39, 0.29) is 29.2 Å². The molecule has 2 aromatic carbocycles. The second-order valence-corrected chi connectivity index (χ2v) is 9.55. The third-order valence-corrected chi connectivity index (χ3v) is 7.17. The van der Waals surface area contributed by atoms with Crippen LogP contribution in [0.2, 0.25) is 0 Å². The van der Waals surface area contributed by atoms with Gasteiger partial charge in [0.2, 0.25) is 15.9 Å². The van der Waals surface area contributed by atoms with Crippen LogP contribution in [0.4, 0.5) is 5.69 Å². The lowest BCUT2D eigenvalue weighted by molar-refractivity contribution is -0.120. The van der Waals surface area contributed by atoms with Gasteiger partial charge in [0.1, 0.15) is 5.75 Å². The van der Waals surface area contributed by atoms with Crippen LogP contribution < -0.4 is 10.1 Å². The summed E-state index contributed by atoms with van der Waals surface area (Å²) in [7, 11) is -2.11. The summed E-state index contributed by atoms with van der Waals surface area (Å²) in [5, 5.41) is 3.01. The van der Waals surface area contributed by atoms with Gasteiger partial charge >= 0.3 is 0 Å². The normalized spacial score (nSPS) is 17.9. The number of ether oxygens (including phenoxy) is 1. The summed E-state index contributed by atoms with van der Waals surface area (Å²) in [6.07, 6.45) is 1.32. The van der Waals surface area contributed by atoms with E-state index in [4.69, 9.17) is 4.74 Å². The minimum absolute atomic E-state index is 0.132. The van der Waals surface area contributed by atoms with Crippen LogP contribution in [0.5, 0.6) is 5.75 Å². The van der Waals surface area contributed by atoms with E-state index in [1.54, 1.807) is 12.1 Å². The number of nitrogens with one attached hydrogen (secondary N) is 1. The largest absolute Gasteiger partial charge is 0.497 e. The maximum absolute atomic E-state index is 13.0. The summed E-state index contributed by atoms with van der Waals surface area (Å²) in [6, 6.07) is 14.1. The number of methoxy groups -OCH3 is 1. The number of anilines is 1. The van der Waals surface area contributed by atoms with E-state index in [0.29, 0.717) is 25.1 Å². The number of carbonyl (C=O) groups is 1. The molecule has 7 heteroatoms. The van der Waals surface area contributed by atoms with E-state index in [1.165, 1.54) is 23.5 Å². The van der Waals surface area contributed by atoms with Gasteiger partial charge in [-0.1, -0.05) is 32.0 Å². The Morgan fingerprint density at radius 1 is 1.14 bits per heavy atom. The molecule has 0 saturated carbocycles. The standard InChI is InChI=1S/C22H28N2O4S/c1-16(2)20-8-4-5-9-21(20)23-22(25)17-7-6-14-24(15-17)29(26,27)19-12-10-18(28-3)11-13-19/h4-5,8-13,16-17H,6-7,14-15H2,1-3H3,(H,23,25). The number of para-hydroxylation sites is 1. The molecule has 0 spiro atoms. The monoisotopic (exact) mass is 416 g/mol. The van der Waals surface area contributed by atoms with Crippen molar-refractivity contribution in [2.24, 2.45) is 5.92 Å². The Labute approximate surface area is 172 Å². The van der Waals surface area contributed by atoms with Crippen LogP contribution in [0.3, 0.4) is 0 Å². The van der Waals surface area contributed by atoms with Crippen molar-refractivity contribution < 1.29 is 17.9 Å². The predicted octanol–water partition coefficient (Wildman–Crippen LogP) is 3.86. The quantitative estimate of drug-likeness (QED) is 0.776. The Morgan fingerprint density at radius 3 is 2.48 bits per heavy atom. The van der Waals surface area contributed by atoms with Gasteiger partial charge in [0.05, 0.1) is 17.9 Å². The first-order chi connectivity index (χ1) is 13.8. The molecule has 0 aromatic heterocycles. The molecule has 1 atom stereocenters. The molecule has 6 nitrogen and oxygen atoms in total. The molecule has 1 amide bonds. The van der Waals surface area contributed by atoms with Crippen molar-refractivity contribution in [3.63, 3.8) is 0 Å². The summed E-state index contributed by atoms with van der Waals surface area (Å²) >= 11 is 0. The van der Waals surface area contributed by atoms with Crippen molar-refractivity contribution in [1.82, 2.24) is 4.31 Å². The van der Waals surface area contributed by atoms with Gasteiger partial charge in [-0.2, -0.15) is 4.31 Å². The molecule has 156 valence electrons. The van der Waals surface area contributed by atoms with Crippen molar-refractivity contribution in [2.75, 3.05) is 25.5 Å². The van der Waals surface area contributed by atoms with Crippen LogP contribution in [-0.4, -0.2) is 38.8 Å². The number of sulfonamides is 1. The first-order valence-electron chi connectivity index (χ1n) is 9.87. The van der Waals surface area contributed by atoms with Gasteiger partial charge in [-0.15, -0.1) is 0 Å². The molecule has 3 rings (SSSR count). The fraction of sp³-hybridized carbons (Fsp3) is 0.409. The van der Waals surface area contributed by atoms with E-state index in [1.807, 2.05) is 24.3 Å². The van der Waals surface area contributed by atoms with Crippen LogP contribution in [-0.2, 0) is 14.8 Å². The fourth-order valence-electron chi connectivity index (χ4n) is 3.62. The summed E-state index contributed by atoms with van der Waals surface area (Å²) in [4.78, 5) is 13.1. The van der Waals surface area contributed by atoms with E-state index in [0.717, 1.165) is 11.3 Å². The third-order valence-electron chi connectivity index (χ3n) is 5.29. The van der Waals surface area contributed by atoms with E-state index >= 15 is 0 Å². The van der Waals surface area contributed by atoms with Gasteiger partial charge in [0, 0.05) is 18.8 Å². The van der Waals surface area contributed by atoms with E-state index in [2.05, 4.69) is 19.2 Å². The zero-order valence-electron chi connectivity index (χ0n) is 17.1. The van der Waals surface area contributed by atoms with Gasteiger partial charge in [-0.25, -0.2) is 8.42 Å².